The van der Waals surface area contributed by atoms with Gasteiger partial charge in [0.2, 0.25) is 5.88 Å². The average Bonchev–Trinajstić information content (AvgIpc) is 2.46. The van der Waals surface area contributed by atoms with Gasteiger partial charge in [0.15, 0.2) is 0 Å². The Hall–Kier alpha value is -1.56. The Morgan fingerprint density at radius 2 is 2.19 bits per heavy atom. The molecule has 6 heteroatoms. The Labute approximate surface area is 93.3 Å². The summed E-state index contributed by atoms with van der Waals surface area (Å²) in [6.07, 6.45) is 0.106. The molecule has 1 heterocycles. The molecule has 1 aromatic rings. The van der Waals surface area contributed by atoms with Gasteiger partial charge in [0.05, 0.1) is 0 Å². The fraction of sp³-hybridized carbons (Fsp3) is 0.600. The number of carboxylic acid groups (broad SMARTS) is 1. The largest absolute Gasteiger partial charge is 0.512 e. The van der Waals surface area contributed by atoms with E-state index >= 15 is 0 Å². The molecule has 1 aromatic heterocycles. The zero-order chi connectivity index (χ0) is 12.3. The van der Waals surface area contributed by atoms with Crippen LogP contribution in [0.5, 0.6) is 5.88 Å². The molecule has 0 saturated carbocycles. The summed E-state index contributed by atoms with van der Waals surface area (Å²) in [6.45, 7) is 5.02. The summed E-state index contributed by atoms with van der Waals surface area (Å²) >= 11 is 0. The highest BCUT2D eigenvalue weighted by Crippen LogP contribution is 2.27. The van der Waals surface area contributed by atoms with E-state index in [9.17, 15) is 9.90 Å². The number of carbonyl (C=O) groups is 1. The maximum Gasteiger partial charge on any atom is 0.512 e. The lowest BCUT2D eigenvalue weighted by molar-refractivity contribution is 0.0699. The van der Waals surface area contributed by atoms with Crippen LogP contribution >= 0.6 is 0 Å². The number of imidazole rings is 1. The highest BCUT2D eigenvalue weighted by molar-refractivity contribution is 5.61. The molecule has 0 bridgehead atoms. The number of H-pyrrole nitrogens is 1. The van der Waals surface area contributed by atoms with Crippen LogP contribution < -0.4 is 4.74 Å². The molecular weight excluding hydrogens is 212 g/mol. The van der Waals surface area contributed by atoms with Crippen molar-refractivity contribution in [3.63, 3.8) is 0 Å². The number of rotatable bonds is 4. The van der Waals surface area contributed by atoms with E-state index in [-0.39, 0.29) is 11.6 Å². The predicted octanol–water partition coefficient (Wildman–Crippen LogP) is 1.65. The number of nitrogens with zero attached hydrogens (tertiary/aromatic N) is 1. The Bertz CT molecular complexity index is 379. The maximum absolute atomic E-state index is 10.5. The molecule has 90 valence electrons. The maximum atomic E-state index is 10.5. The van der Waals surface area contributed by atoms with E-state index in [2.05, 4.69) is 14.7 Å². The van der Waals surface area contributed by atoms with Crippen LogP contribution in [0.2, 0.25) is 0 Å². The number of ether oxygens (including phenoxy) is 1. The molecule has 0 radical (unpaired) electrons. The summed E-state index contributed by atoms with van der Waals surface area (Å²) < 4.78 is 4.54. The summed E-state index contributed by atoms with van der Waals surface area (Å²) in [4.78, 5) is 17.3. The van der Waals surface area contributed by atoms with Gasteiger partial charge in [-0.05, 0) is 20.3 Å². The van der Waals surface area contributed by atoms with Crippen molar-refractivity contribution in [3.8, 4) is 5.88 Å². The van der Waals surface area contributed by atoms with E-state index in [1.807, 2.05) is 6.92 Å². The molecule has 3 N–H and O–H groups in total. The van der Waals surface area contributed by atoms with E-state index in [4.69, 9.17) is 5.11 Å². The highest BCUT2D eigenvalue weighted by Gasteiger charge is 2.27. The number of aromatic nitrogens is 2. The Morgan fingerprint density at radius 3 is 2.62 bits per heavy atom. The first-order valence-corrected chi connectivity index (χ1v) is 5.07. The van der Waals surface area contributed by atoms with E-state index in [0.29, 0.717) is 12.2 Å². The smallest absolute Gasteiger partial charge is 0.449 e. The lowest BCUT2D eigenvalue weighted by Crippen LogP contribution is -2.18. The topological polar surface area (TPSA) is 95.4 Å². The second kappa shape index (κ2) is 4.52. The molecule has 0 unspecified atom stereocenters. The van der Waals surface area contributed by atoms with Crippen molar-refractivity contribution in [2.45, 2.75) is 39.2 Å². The molecule has 0 fully saturated rings. The van der Waals surface area contributed by atoms with Gasteiger partial charge in [-0.25, -0.2) is 9.78 Å². The molecule has 1 rings (SSSR count). The van der Waals surface area contributed by atoms with Crippen LogP contribution in [0.4, 0.5) is 4.79 Å². The first-order valence-electron chi connectivity index (χ1n) is 5.07. The molecule has 0 aliphatic rings. The molecule has 16 heavy (non-hydrogen) atoms. The normalized spacial score (nSPS) is 11.5. The zero-order valence-corrected chi connectivity index (χ0v) is 9.57. The number of nitrogens with one attached hydrogen (secondary N) is 1. The average molecular weight is 228 g/mol. The second-order valence-corrected chi connectivity index (χ2v) is 4.04. The Morgan fingerprint density at radius 1 is 1.56 bits per heavy atom. The van der Waals surface area contributed by atoms with Gasteiger partial charge in [0.25, 0.3) is 0 Å². The molecular formula is C10H16N2O4. The third kappa shape index (κ3) is 2.96. The quantitative estimate of drug-likeness (QED) is 0.681. The van der Waals surface area contributed by atoms with Crippen molar-refractivity contribution >= 4 is 6.16 Å². The molecule has 0 spiro atoms. The molecule has 0 amide bonds. The van der Waals surface area contributed by atoms with Crippen LogP contribution in [-0.2, 0) is 12.0 Å². The number of hydrogen-bond acceptors (Lipinski definition) is 4. The molecule has 0 aliphatic heterocycles. The van der Waals surface area contributed by atoms with E-state index in [1.165, 1.54) is 13.8 Å². The van der Waals surface area contributed by atoms with Crippen LogP contribution in [0, 0.1) is 0 Å². The van der Waals surface area contributed by atoms with Gasteiger partial charge < -0.3 is 19.9 Å². The minimum Gasteiger partial charge on any atom is -0.449 e. The highest BCUT2D eigenvalue weighted by atomic mass is 16.7. The fourth-order valence-electron chi connectivity index (χ4n) is 1.33. The minimum atomic E-state index is -1.43. The van der Waals surface area contributed by atoms with Crippen molar-refractivity contribution in [1.82, 2.24) is 9.97 Å². The number of hydrogen-bond donors (Lipinski definition) is 3. The molecule has 0 atom stereocenters. The van der Waals surface area contributed by atoms with E-state index in [0.717, 1.165) is 6.42 Å². The van der Waals surface area contributed by atoms with Crippen LogP contribution in [0.15, 0.2) is 0 Å². The standard InChI is InChI=1S/C10H16N2O4/c1-4-5-6-11-7(10(2,3)15)8(12-6)16-9(13)14/h15H,4-5H2,1-3H3,(H,11,12)(H,13,14). The summed E-state index contributed by atoms with van der Waals surface area (Å²) in [5.74, 6) is 0.597. The van der Waals surface area contributed by atoms with Gasteiger partial charge in [-0.15, -0.1) is 0 Å². The zero-order valence-electron chi connectivity index (χ0n) is 9.57. The van der Waals surface area contributed by atoms with E-state index in [1.54, 1.807) is 0 Å². The lowest BCUT2D eigenvalue weighted by Gasteiger charge is -2.14. The number of aryl methyl sites for hydroxylation is 1. The second-order valence-electron chi connectivity index (χ2n) is 4.04. The van der Waals surface area contributed by atoms with Crippen molar-refractivity contribution < 1.29 is 19.7 Å². The fourth-order valence-corrected chi connectivity index (χ4v) is 1.33. The van der Waals surface area contributed by atoms with Gasteiger partial charge in [-0.2, -0.15) is 0 Å². The van der Waals surface area contributed by atoms with Crippen molar-refractivity contribution in [2.24, 2.45) is 0 Å². The predicted molar refractivity (Wildman–Crippen MR) is 56.5 cm³/mol. The molecule has 0 saturated heterocycles. The summed E-state index contributed by atoms with van der Waals surface area (Å²) in [7, 11) is 0. The van der Waals surface area contributed by atoms with Crippen molar-refractivity contribution in [2.75, 3.05) is 0 Å². The molecule has 0 aliphatic carbocycles. The lowest BCUT2D eigenvalue weighted by atomic mass is 10.1. The van der Waals surface area contributed by atoms with Gasteiger partial charge in [0.1, 0.15) is 17.1 Å². The number of aromatic amines is 1. The Kier molecular flexibility index (Phi) is 3.54. The van der Waals surface area contributed by atoms with Crippen molar-refractivity contribution in [1.29, 1.82) is 0 Å². The summed E-state index contributed by atoms with van der Waals surface area (Å²) in [5.41, 5.74) is -1.04. The van der Waals surface area contributed by atoms with Gasteiger partial charge in [-0.1, -0.05) is 6.92 Å². The first-order chi connectivity index (χ1) is 7.34. The molecule has 0 aromatic carbocycles. The van der Waals surface area contributed by atoms with E-state index < -0.39 is 11.8 Å². The van der Waals surface area contributed by atoms with Gasteiger partial charge in [-0.3, -0.25) is 0 Å². The minimum absolute atomic E-state index is 0.0107. The first kappa shape index (κ1) is 12.5. The van der Waals surface area contributed by atoms with Gasteiger partial charge in [0, 0.05) is 6.42 Å². The van der Waals surface area contributed by atoms with Crippen LogP contribution in [0.1, 0.15) is 38.7 Å². The third-order valence-electron chi connectivity index (χ3n) is 1.98. The third-order valence-corrected chi connectivity index (χ3v) is 1.98. The van der Waals surface area contributed by atoms with Crippen LogP contribution in [-0.4, -0.2) is 26.3 Å². The summed E-state index contributed by atoms with van der Waals surface area (Å²) in [5, 5.41) is 18.4. The molecule has 6 nitrogen and oxygen atoms in total. The Balaban J connectivity index is 3.07. The van der Waals surface area contributed by atoms with Crippen LogP contribution in [0.25, 0.3) is 0 Å². The van der Waals surface area contributed by atoms with Crippen molar-refractivity contribution in [3.05, 3.63) is 11.5 Å². The monoisotopic (exact) mass is 228 g/mol. The summed E-state index contributed by atoms with van der Waals surface area (Å²) in [6, 6.07) is 0. The SMILES string of the molecule is CCCc1nc(C(C)(C)O)c(OC(=O)O)[nH]1. The number of aliphatic hydroxyl groups is 1. The van der Waals surface area contributed by atoms with Gasteiger partial charge >= 0.3 is 6.16 Å². The van der Waals surface area contributed by atoms with Crippen LogP contribution in [0.3, 0.4) is 0 Å².